The van der Waals surface area contributed by atoms with E-state index in [-0.39, 0.29) is 22.3 Å². The molecule has 2 aromatic rings. The molecule has 2 amide bonds. The summed E-state index contributed by atoms with van der Waals surface area (Å²) in [5.41, 5.74) is 0.618. The molecule has 29 heavy (non-hydrogen) atoms. The summed E-state index contributed by atoms with van der Waals surface area (Å²) < 4.78 is 4.92. The van der Waals surface area contributed by atoms with E-state index in [0.29, 0.717) is 24.4 Å². The number of hydrogen-bond acceptors (Lipinski definition) is 6. The molecule has 2 aromatic carbocycles. The number of methoxy groups -OCH3 is 1. The average molecular weight is 416 g/mol. The summed E-state index contributed by atoms with van der Waals surface area (Å²) >= 11 is 5.08. The Morgan fingerprint density at radius 2 is 1.79 bits per heavy atom. The minimum Gasteiger partial charge on any atom is -0.385 e. The van der Waals surface area contributed by atoms with Crippen molar-refractivity contribution in [3.63, 3.8) is 0 Å². The van der Waals surface area contributed by atoms with Crippen LogP contribution in [-0.4, -0.2) is 42.1 Å². The van der Waals surface area contributed by atoms with Crippen LogP contribution in [0.1, 0.15) is 27.1 Å². The molecule has 0 spiro atoms. The van der Waals surface area contributed by atoms with Gasteiger partial charge in [-0.25, -0.2) is 0 Å². The highest BCUT2D eigenvalue weighted by atomic mass is 32.1. The van der Waals surface area contributed by atoms with Crippen molar-refractivity contribution in [2.45, 2.75) is 6.42 Å². The van der Waals surface area contributed by atoms with Crippen molar-refractivity contribution in [2.75, 3.05) is 25.6 Å². The van der Waals surface area contributed by atoms with Gasteiger partial charge in [-0.15, -0.1) is 0 Å². The number of nitrogens with zero attached hydrogens (tertiary/aromatic N) is 1. The third-order valence-corrected chi connectivity index (χ3v) is 3.99. The quantitative estimate of drug-likeness (QED) is 0.261. The predicted molar refractivity (Wildman–Crippen MR) is 112 cm³/mol. The fourth-order valence-corrected chi connectivity index (χ4v) is 2.59. The summed E-state index contributed by atoms with van der Waals surface area (Å²) in [4.78, 5) is 34.7. The number of anilines is 1. The second kappa shape index (κ2) is 10.8. The van der Waals surface area contributed by atoms with E-state index in [1.165, 1.54) is 24.3 Å². The van der Waals surface area contributed by atoms with Gasteiger partial charge in [-0.2, -0.15) is 0 Å². The van der Waals surface area contributed by atoms with Gasteiger partial charge in [-0.3, -0.25) is 25.0 Å². The lowest BCUT2D eigenvalue weighted by Crippen LogP contribution is -2.34. The number of rotatable bonds is 8. The summed E-state index contributed by atoms with van der Waals surface area (Å²) in [6.07, 6.45) is 0.718. The number of nitrogens with one attached hydrogen (secondary N) is 3. The minimum atomic E-state index is -0.693. The van der Waals surface area contributed by atoms with E-state index in [1.54, 1.807) is 31.4 Å². The molecule has 0 bridgehead atoms. The van der Waals surface area contributed by atoms with E-state index < -0.39 is 10.8 Å². The maximum atomic E-state index is 12.3. The molecule has 0 aliphatic heterocycles. The number of amides is 2. The van der Waals surface area contributed by atoms with E-state index >= 15 is 0 Å². The van der Waals surface area contributed by atoms with E-state index in [9.17, 15) is 19.7 Å². The summed E-state index contributed by atoms with van der Waals surface area (Å²) in [6, 6.07) is 12.1. The Bertz CT molecular complexity index is 902. The lowest BCUT2D eigenvalue weighted by atomic mass is 10.1. The Morgan fingerprint density at radius 3 is 2.45 bits per heavy atom. The molecular weight excluding hydrogens is 396 g/mol. The molecule has 9 nitrogen and oxygen atoms in total. The number of ether oxygens (including phenoxy) is 1. The maximum Gasteiger partial charge on any atom is 0.282 e. The molecule has 0 unspecified atom stereocenters. The van der Waals surface area contributed by atoms with Crippen LogP contribution in [0.4, 0.5) is 11.4 Å². The highest BCUT2D eigenvalue weighted by Crippen LogP contribution is 2.17. The smallest absolute Gasteiger partial charge is 0.282 e. The van der Waals surface area contributed by atoms with Crippen molar-refractivity contribution in [3.8, 4) is 0 Å². The zero-order valence-electron chi connectivity index (χ0n) is 15.6. The standard InChI is InChI=1S/C19H20N4O5S/c1-28-12-4-11-20-17(24)13-7-9-14(10-8-13)21-19(29)22-18(25)15-5-2-3-6-16(15)23(26)27/h2-3,5-10H,4,11-12H2,1H3,(H,20,24)(H2,21,22,25,29). The molecule has 0 heterocycles. The lowest BCUT2D eigenvalue weighted by molar-refractivity contribution is -0.385. The molecule has 0 saturated heterocycles. The van der Waals surface area contributed by atoms with Crippen molar-refractivity contribution in [1.82, 2.24) is 10.6 Å². The van der Waals surface area contributed by atoms with Crippen LogP contribution < -0.4 is 16.0 Å². The number of carbonyl (C=O) groups is 2. The first-order chi connectivity index (χ1) is 13.9. The minimum absolute atomic E-state index is 0.0232. The Labute approximate surface area is 172 Å². The number of para-hydroxylation sites is 1. The molecule has 0 saturated carbocycles. The fraction of sp³-hybridized carbons (Fsp3) is 0.211. The Morgan fingerprint density at radius 1 is 1.10 bits per heavy atom. The van der Waals surface area contributed by atoms with E-state index in [2.05, 4.69) is 16.0 Å². The predicted octanol–water partition coefficient (Wildman–Crippen LogP) is 2.49. The zero-order valence-corrected chi connectivity index (χ0v) is 16.5. The summed E-state index contributed by atoms with van der Waals surface area (Å²) in [5, 5.41) is 19.0. The first-order valence-electron chi connectivity index (χ1n) is 8.65. The van der Waals surface area contributed by atoms with Crippen molar-refractivity contribution in [1.29, 1.82) is 0 Å². The van der Waals surface area contributed by atoms with Gasteiger partial charge in [0.05, 0.1) is 4.92 Å². The van der Waals surface area contributed by atoms with Gasteiger partial charge in [0.2, 0.25) is 0 Å². The maximum absolute atomic E-state index is 12.3. The van der Waals surface area contributed by atoms with Crippen molar-refractivity contribution in [2.24, 2.45) is 0 Å². The number of hydrogen-bond donors (Lipinski definition) is 3. The zero-order chi connectivity index (χ0) is 21.2. The van der Waals surface area contributed by atoms with Crippen LogP contribution in [0.15, 0.2) is 48.5 Å². The van der Waals surface area contributed by atoms with Gasteiger partial charge in [0.15, 0.2) is 5.11 Å². The number of benzene rings is 2. The van der Waals surface area contributed by atoms with E-state index in [4.69, 9.17) is 17.0 Å². The second-order valence-corrected chi connectivity index (χ2v) is 6.27. The Balaban J connectivity index is 1.92. The lowest BCUT2D eigenvalue weighted by Gasteiger charge is -2.10. The highest BCUT2D eigenvalue weighted by molar-refractivity contribution is 7.80. The average Bonchev–Trinajstić information content (AvgIpc) is 2.71. The first-order valence-corrected chi connectivity index (χ1v) is 9.06. The van der Waals surface area contributed by atoms with Gasteiger partial charge < -0.3 is 15.4 Å². The van der Waals surface area contributed by atoms with Crippen LogP contribution >= 0.6 is 12.2 Å². The number of thiocarbonyl (C=S) groups is 1. The molecule has 2 rings (SSSR count). The first kappa shape index (κ1) is 21.9. The molecule has 0 aromatic heterocycles. The molecule has 0 radical (unpaired) electrons. The molecule has 0 atom stereocenters. The van der Waals surface area contributed by atoms with Crippen LogP contribution in [-0.2, 0) is 4.74 Å². The molecule has 0 fully saturated rings. The van der Waals surface area contributed by atoms with Crippen LogP contribution in [0.2, 0.25) is 0 Å². The second-order valence-electron chi connectivity index (χ2n) is 5.86. The molecule has 3 N–H and O–H groups in total. The van der Waals surface area contributed by atoms with Crippen LogP contribution in [0.3, 0.4) is 0 Å². The number of nitro benzene ring substituents is 1. The SMILES string of the molecule is COCCCNC(=O)c1ccc(NC(=S)NC(=O)c2ccccc2[N+](=O)[O-])cc1. The van der Waals surface area contributed by atoms with Crippen molar-refractivity contribution in [3.05, 3.63) is 69.8 Å². The monoisotopic (exact) mass is 416 g/mol. The summed E-state index contributed by atoms with van der Waals surface area (Å²) in [6.45, 7) is 1.08. The normalized spacial score (nSPS) is 10.1. The van der Waals surface area contributed by atoms with Gasteiger partial charge in [0, 0.05) is 37.6 Å². The van der Waals surface area contributed by atoms with Gasteiger partial charge in [0.1, 0.15) is 5.56 Å². The Kier molecular flexibility index (Phi) is 8.19. The van der Waals surface area contributed by atoms with Gasteiger partial charge in [0.25, 0.3) is 17.5 Å². The van der Waals surface area contributed by atoms with Gasteiger partial charge >= 0.3 is 0 Å². The van der Waals surface area contributed by atoms with Crippen LogP contribution in [0, 0.1) is 10.1 Å². The van der Waals surface area contributed by atoms with Gasteiger partial charge in [-0.05, 0) is 49.0 Å². The highest BCUT2D eigenvalue weighted by Gasteiger charge is 2.19. The molecule has 0 aliphatic rings. The summed E-state index contributed by atoms with van der Waals surface area (Å²) in [7, 11) is 1.60. The van der Waals surface area contributed by atoms with Crippen molar-refractivity contribution >= 4 is 40.5 Å². The molecule has 152 valence electrons. The third kappa shape index (κ3) is 6.63. The largest absolute Gasteiger partial charge is 0.385 e. The molecular formula is C19H20N4O5S. The van der Waals surface area contributed by atoms with E-state index in [1.807, 2.05) is 0 Å². The van der Waals surface area contributed by atoms with E-state index in [0.717, 1.165) is 6.42 Å². The van der Waals surface area contributed by atoms with Crippen molar-refractivity contribution < 1.29 is 19.2 Å². The van der Waals surface area contributed by atoms with Crippen LogP contribution in [0.5, 0.6) is 0 Å². The van der Waals surface area contributed by atoms with Gasteiger partial charge in [-0.1, -0.05) is 12.1 Å². The number of carbonyl (C=O) groups excluding carboxylic acids is 2. The summed E-state index contributed by atoms with van der Waals surface area (Å²) in [5.74, 6) is -0.901. The third-order valence-electron chi connectivity index (χ3n) is 3.79. The Hall–Kier alpha value is -3.37. The van der Waals surface area contributed by atoms with Crippen LogP contribution in [0.25, 0.3) is 0 Å². The number of nitro groups is 1. The molecule has 10 heteroatoms. The molecule has 0 aliphatic carbocycles. The topological polar surface area (TPSA) is 123 Å². The fourth-order valence-electron chi connectivity index (χ4n) is 2.38.